The highest BCUT2D eigenvalue weighted by atomic mass is 32.2. The van der Waals surface area contributed by atoms with Gasteiger partial charge in [0.2, 0.25) is 15.9 Å². The molecule has 8 heteroatoms. The molecule has 2 heterocycles. The highest BCUT2D eigenvalue weighted by molar-refractivity contribution is 7.89. The first kappa shape index (κ1) is 18.1. The normalized spacial score (nSPS) is 26.6. The minimum Gasteiger partial charge on any atom is -0.324 e. The Labute approximate surface area is 157 Å². The van der Waals surface area contributed by atoms with Gasteiger partial charge in [-0.25, -0.2) is 8.42 Å². The highest BCUT2D eigenvalue weighted by Gasteiger charge is 2.54. The van der Waals surface area contributed by atoms with Gasteiger partial charge in [-0.3, -0.25) is 9.00 Å². The number of hydrogen-bond donors (Lipinski definition) is 0. The summed E-state index contributed by atoms with van der Waals surface area (Å²) in [6.45, 7) is 3.07. The van der Waals surface area contributed by atoms with Crippen LogP contribution < -0.4 is 0 Å². The molecule has 0 N–H and O–H groups in total. The zero-order valence-corrected chi connectivity index (χ0v) is 16.5. The average Bonchev–Trinajstić information content (AvgIpc) is 3.40. The minimum absolute atomic E-state index is 0.0366. The van der Waals surface area contributed by atoms with Crippen LogP contribution in [0.25, 0.3) is 0 Å². The second-order valence-electron chi connectivity index (χ2n) is 7.55. The van der Waals surface area contributed by atoms with Crippen LogP contribution in [0.5, 0.6) is 0 Å². The Morgan fingerprint density at radius 2 is 1.85 bits per heavy atom. The number of amides is 1. The van der Waals surface area contributed by atoms with Crippen LogP contribution in [0.3, 0.4) is 0 Å². The zero-order valence-electron chi connectivity index (χ0n) is 14.9. The predicted octanol–water partition coefficient (Wildman–Crippen LogP) is 1.48. The third kappa shape index (κ3) is 2.92. The number of carbonyl (C=O) groups is 1. The van der Waals surface area contributed by atoms with Gasteiger partial charge >= 0.3 is 0 Å². The lowest BCUT2D eigenvalue weighted by molar-refractivity contribution is -0.131. The summed E-state index contributed by atoms with van der Waals surface area (Å²) in [5, 5.41) is 0. The standard InChI is InChI=1S/C18H24N2O4S2/c1-14-4-2-3-5-16(14)26(23,24)19-10-8-18(9-11-19)20(12-15-6-7-15)17(21)13-25(18)22/h2-5,15H,6-13H2,1H3. The van der Waals surface area contributed by atoms with Gasteiger partial charge in [-0.2, -0.15) is 4.31 Å². The van der Waals surface area contributed by atoms with Crippen molar-refractivity contribution in [3.63, 3.8) is 0 Å². The molecule has 2 aliphatic heterocycles. The molecule has 1 spiro atoms. The van der Waals surface area contributed by atoms with E-state index in [9.17, 15) is 17.4 Å². The van der Waals surface area contributed by atoms with Crippen LogP contribution in [0, 0.1) is 12.8 Å². The maximum atomic E-state index is 13.0. The minimum atomic E-state index is -3.57. The van der Waals surface area contributed by atoms with Gasteiger partial charge in [0, 0.05) is 19.6 Å². The zero-order chi connectivity index (χ0) is 18.5. The molecule has 0 bridgehead atoms. The Morgan fingerprint density at radius 3 is 2.46 bits per heavy atom. The Morgan fingerprint density at radius 1 is 1.19 bits per heavy atom. The number of carbonyl (C=O) groups excluding carboxylic acids is 1. The summed E-state index contributed by atoms with van der Waals surface area (Å²) in [7, 11) is -4.82. The molecule has 1 amide bonds. The SMILES string of the molecule is Cc1ccccc1S(=O)(=O)N1CCC2(CC1)N(CC1CC1)C(=O)CS2=O. The lowest BCUT2D eigenvalue weighted by Gasteiger charge is -2.43. The summed E-state index contributed by atoms with van der Waals surface area (Å²) < 4.78 is 40.2. The summed E-state index contributed by atoms with van der Waals surface area (Å²) in [6.07, 6.45) is 3.15. The molecule has 3 fully saturated rings. The second-order valence-corrected chi connectivity index (χ2v) is 11.2. The first-order chi connectivity index (χ1) is 12.3. The van der Waals surface area contributed by atoms with Crippen molar-refractivity contribution in [3.8, 4) is 0 Å². The Hall–Kier alpha value is -1.25. The van der Waals surface area contributed by atoms with E-state index in [1.165, 1.54) is 4.31 Å². The number of sulfonamides is 1. The number of rotatable bonds is 4. The molecule has 1 saturated carbocycles. The fourth-order valence-corrected chi connectivity index (χ4v) is 7.44. The van der Waals surface area contributed by atoms with Crippen molar-refractivity contribution in [1.29, 1.82) is 0 Å². The van der Waals surface area contributed by atoms with Crippen LogP contribution in [0.1, 0.15) is 31.2 Å². The molecule has 26 heavy (non-hydrogen) atoms. The van der Waals surface area contributed by atoms with E-state index in [-0.39, 0.29) is 11.7 Å². The van der Waals surface area contributed by atoms with Gasteiger partial charge in [-0.05, 0) is 50.2 Å². The molecule has 6 nitrogen and oxygen atoms in total. The van der Waals surface area contributed by atoms with Crippen LogP contribution in [-0.4, -0.2) is 58.0 Å². The fraction of sp³-hybridized carbons (Fsp3) is 0.611. The van der Waals surface area contributed by atoms with Crippen molar-refractivity contribution in [3.05, 3.63) is 29.8 Å². The molecule has 0 aromatic heterocycles. The Bertz CT molecular complexity index is 856. The van der Waals surface area contributed by atoms with Gasteiger partial charge in [0.1, 0.15) is 10.6 Å². The summed E-state index contributed by atoms with van der Waals surface area (Å²) >= 11 is 0. The number of piperidine rings is 1. The first-order valence-corrected chi connectivity index (χ1v) is 11.9. The van der Waals surface area contributed by atoms with E-state index in [1.54, 1.807) is 25.1 Å². The number of benzene rings is 1. The van der Waals surface area contributed by atoms with Crippen LogP contribution in [0.15, 0.2) is 29.2 Å². The summed E-state index contributed by atoms with van der Waals surface area (Å²) in [4.78, 5) is 13.8. The van der Waals surface area contributed by atoms with Gasteiger partial charge in [0.25, 0.3) is 0 Å². The van der Waals surface area contributed by atoms with Gasteiger partial charge in [-0.15, -0.1) is 0 Å². The largest absolute Gasteiger partial charge is 0.324 e. The van der Waals surface area contributed by atoms with Gasteiger partial charge in [-0.1, -0.05) is 18.2 Å². The molecule has 1 aromatic carbocycles. The maximum absolute atomic E-state index is 13.0. The van der Waals surface area contributed by atoms with E-state index in [0.717, 1.165) is 18.4 Å². The van der Waals surface area contributed by atoms with Crippen molar-refractivity contribution >= 4 is 26.7 Å². The average molecular weight is 397 g/mol. The van der Waals surface area contributed by atoms with E-state index in [4.69, 9.17) is 0 Å². The van der Waals surface area contributed by atoms with Crippen molar-refractivity contribution in [2.75, 3.05) is 25.4 Å². The lowest BCUT2D eigenvalue weighted by Crippen LogP contribution is -2.56. The molecular formula is C18H24N2O4S2. The summed E-state index contributed by atoms with van der Waals surface area (Å²) in [5.41, 5.74) is 0.725. The molecule has 1 aromatic rings. The molecule has 0 radical (unpaired) electrons. The molecule has 4 rings (SSSR count). The fourth-order valence-electron chi connectivity index (χ4n) is 4.06. The Kier molecular flexibility index (Phi) is 4.48. The molecule has 1 atom stereocenters. The lowest BCUT2D eigenvalue weighted by atomic mass is 10.0. The van der Waals surface area contributed by atoms with Crippen molar-refractivity contribution < 1.29 is 17.4 Å². The second kappa shape index (κ2) is 6.42. The van der Waals surface area contributed by atoms with Crippen LogP contribution in [0.4, 0.5) is 0 Å². The molecule has 2 saturated heterocycles. The summed E-state index contributed by atoms with van der Waals surface area (Å²) in [6, 6.07) is 6.97. The van der Waals surface area contributed by atoms with E-state index < -0.39 is 25.7 Å². The molecule has 142 valence electrons. The number of aryl methyl sites for hydroxylation is 1. The van der Waals surface area contributed by atoms with Crippen molar-refractivity contribution in [2.45, 2.75) is 42.4 Å². The predicted molar refractivity (Wildman–Crippen MR) is 99.3 cm³/mol. The molecule has 1 unspecified atom stereocenters. The number of nitrogens with zero attached hydrogens (tertiary/aromatic N) is 2. The van der Waals surface area contributed by atoms with Gasteiger partial charge < -0.3 is 4.90 Å². The van der Waals surface area contributed by atoms with Gasteiger partial charge in [0.05, 0.1) is 15.7 Å². The molecular weight excluding hydrogens is 372 g/mol. The third-order valence-corrected chi connectivity index (χ3v) is 9.87. The third-order valence-electron chi connectivity index (χ3n) is 5.82. The maximum Gasteiger partial charge on any atom is 0.243 e. The Balaban J connectivity index is 1.55. The monoisotopic (exact) mass is 396 g/mol. The van der Waals surface area contributed by atoms with E-state index in [2.05, 4.69) is 0 Å². The van der Waals surface area contributed by atoms with Crippen molar-refractivity contribution in [2.24, 2.45) is 5.92 Å². The topological polar surface area (TPSA) is 74.8 Å². The number of hydrogen-bond acceptors (Lipinski definition) is 4. The smallest absolute Gasteiger partial charge is 0.243 e. The van der Waals surface area contributed by atoms with Crippen LogP contribution in [0.2, 0.25) is 0 Å². The van der Waals surface area contributed by atoms with Crippen molar-refractivity contribution in [1.82, 2.24) is 9.21 Å². The van der Waals surface area contributed by atoms with E-state index in [0.29, 0.717) is 43.3 Å². The first-order valence-electron chi connectivity index (χ1n) is 9.09. The van der Waals surface area contributed by atoms with Crippen LogP contribution in [-0.2, 0) is 25.6 Å². The van der Waals surface area contributed by atoms with Crippen LogP contribution >= 0.6 is 0 Å². The molecule has 3 aliphatic rings. The highest BCUT2D eigenvalue weighted by Crippen LogP contribution is 2.42. The van der Waals surface area contributed by atoms with E-state index >= 15 is 0 Å². The quantitative estimate of drug-likeness (QED) is 0.773. The van der Waals surface area contributed by atoms with E-state index in [1.807, 2.05) is 11.0 Å². The summed E-state index contributed by atoms with van der Waals surface area (Å²) in [5.74, 6) is 0.571. The molecule has 1 aliphatic carbocycles. The van der Waals surface area contributed by atoms with Gasteiger partial charge in [0.15, 0.2) is 0 Å².